The van der Waals surface area contributed by atoms with Crippen LogP contribution < -0.4 is 9.62 Å². The molecule has 39 heavy (non-hydrogen) atoms. The molecule has 0 unspecified atom stereocenters. The van der Waals surface area contributed by atoms with Gasteiger partial charge in [-0.25, -0.2) is 8.42 Å². The van der Waals surface area contributed by atoms with Crippen LogP contribution in [0.2, 0.25) is 0 Å². The Morgan fingerprint density at radius 3 is 2.26 bits per heavy atom. The third-order valence-electron chi connectivity index (χ3n) is 6.67. The Kier molecular flexibility index (Phi) is 10.7. The van der Waals surface area contributed by atoms with E-state index < -0.39 is 16.1 Å². The molecule has 0 aliphatic carbocycles. The van der Waals surface area contributed by atoms with Gasteiger partial charge in [0.1, 0.15) is 6.04 Å². The Morgan fingerprint density at radius 1 is 0.923 bits per heavy atom. The van der Waals surface area contributed by atoms with Gasteiger partial charge in [-0.15, -0.1) is 0 Å². The lowest BCUT2D eigenvalue weighted by atomic mass is 10.0. The van der Waals surface area contributed by atoms with Gasteiger partial charge in [0, 0.05) is 32.5 Å². The molecule has 1 atom stereocenters. The number of hydrogen-bond donors (Lipinski definition) is 1. The number of carbonyl (C=O) groups is 2. The van der Waals surface area contributed by atoms with Crippen LogP contribution in [-0.2, 0) is 32.6 Å². The minimum atomic E-state index is -3.54. The van der Waals surface area contributed by atoms with E-state index >= 15 is 0 Å². The molecule has 208 valence electrons. The van der Waals surface area contributed by atoms with Gasteiger partial charge in [0.25, 0.3) is 0 Å². The molecule has 0 saturated heterocycles. The summed E-state index contributed by atoms with van der Waals surface area (Å²) < 4.78 is 26.5. The van der Waals surface area contributed by atoms with E-state index in [9.17, 15) is 18.0 Å². The summed E-state index contributed by atoms with van der Waals surface area (Å²) in [4.78, 5) is 28.8. The van der Waals surface area contributed by atoms with Gasteiger partial charge in [0.2, 0.25) is 21.8 Å². The smallest absolute Gasteiger partial charge is 0.243 e. The molecule has 0 aliphatic rings. The van der Waals surface area contributed by atoms with E-state index in [0.717, 1.165) is 22.3 Å². The lowest BCUT2D eigenvalue weighted by molar-refractivity contribution is -0.141. The van der Waals surface area contributed by atoms with Crippen molar-refractivity contribution in [3.05, 3.63) is 101 Å². The summed E-state index contributed by atoms with van der Waals surface area (Å²) >= 11 is 0. The molecule has 3 aromatic carbocycles. The first-order valence-electron chi connectivity index (χ1n) is 13.3. The van der Waals surface area contributed by atoms with Gasteiger partial charge >= 0.3 is 0 Å². The lowest BCUT2D eigenvalue weighted by Crippen LogP contribution is -2.50. The van der Waals surface area contributed by atoms with Crippen LogP contribution in [0, 0.1) is 13.8 Å². The molecule has 0 saturated carbocycles. The molecule has 0 aromatic heterocycles. The van der Waals surface area contributed by atoms with Crippen LogP contribution in [-0.4, -0.2) is 50.5 Å². The zero-order chi connectivity index (χ0) is 28.4. The van der Waals surface area contributed by atoms with Crippen LogP contribution >= 0.6 is 0 Å². The van der Waals surface area contributed by atoms with Crippen LogP contribution in [0.5, 0.6) is 0 Å². The summed E-state index contributed by atoms with van der Waals surface area (Å²) in [6.07, 6.45) is 1.97. The molecule has 0 spiro atoms. The molecule has 3 aromatic rings. The third kappa shape index (κ3) is 8.68. The maximum Gasteiger partial charge on any atom is 0.243 e. The number of hydrogen-bond acceptors (Lipinski definition) is 4. The molecule has 1 N–H and O–H groups in total. The number of nitrogens with zero attached hydrogens (tertiary/aromatic N) is 2. The van der Waals surface area contributed by atoms with Crippen molar-refractivity contribution in [1.82, 2.24) is 10.2 Å². The second kappa shape index (κ2) is 13.9. The molecule has 3 rings (SSSR count). The minimum absolute atomic E-state index is 0.106. The molecule has 8 heteroatoms. The van der Waals surface area contributed by atoms with E-state index in [1.54, 1.807) is 11.0 Å². The number of benzene rings is 3. The summed E-state index contributed by atoms with van der Waals surface area (Å²) in [5.74, 6) is -0.399. The van der Waals surface area contributed by atoms with Crippen molar-refractivity contribution in [3.8, 4) is 0 Å². The number of carbonyl (C=O) groups excluding carboxylic acids is 2. The highest BCUT2D eigenvalue weighted by Gasteiger charge is 2.30. The Morgan fingerprint density at radius 2 is 1.62 bits per heavy atom. The number of rotatable bonds is 13. The molecular weight excluding hydrogens is 510 g/mol. The Labute approximate surface area is 232 Å². The number of nitrogens with one attached hydrogen (secondary N) is 1. The van der Waals surface area contributed by atoms with Crippen LogP contribution in [0.1, 0.15) is 42.0 Å². The van der Waals surface area contributed by atoms with Gasteiger partial charge in [0.15, 0.2) is 0 Å². The molecular formula is C31H39N3O4S. The Balaban J connectivity index is 1.87. The fraction of sp³-hybridized carbons (Fsp3) is 0.355. The standard InChI is InChI=1S/C31H39N3O4S/c1-5-32-31(36)29(22-26-15-7-6-8-16-26)33(23-27-17-10-9-14-25(27)3)30(35)19-12-20-34(39(4,37)38)28-18-11-13-24(2)21-28/h6-11,13-18,21,29H,5,12,19-20,22-23H2,1-4H3,(H,32,36)/t29-/m1/s1. The zero-order valence-corrected chi connectivity index (χ0v) is 24.1. The van der Waals surface area contributed by atoms with Crippen molar-refractivity contribution in [2.75, 3.05) is 23.7 Å². The molecule has 2 amide bonds. The van der Waals surface area contributed by atoms with Gasteiger partial charge in [-0.3, -0.25) is 13.9 Å². The van der Waals surface area contributed by atoms with Crippen molar-refractivity contribution >= 4 is 27.5 Å². The van der Waals surface area contributed by atoms with Gasteiger partial charge < -0.3 is 10.2 Å². The first-order chi connectivity index (χ1) is 18.6. The van der Waals surface area contributed by atoms with Crippen molar-refractivity contribution in [3.63, 3.8) is 0 Å². The van der Waals surface area contributed by atoms with Crippen molar-refractivity contribution < 1.29 is 18.0 Å². The minimum Gasteiger partial charge on any atom is -0.355 e. The van der Waals surface area contributed by atoms with Crippen LogP contribution in [0.25, 0.3) is 0 Å². The van der Waals surface area contributed by atoms with Crippen molar-refractivity contribution in [1.29, 1.82) is 0 Å². The van der Waals surface area contributed by atoms with E-state index in [2.05, 4.69) is 5.32 Å². The quantitative estimate of drug-likeness (QED) is 0.337. The second-order valence-corrected chi connectivity index (χ2v) is 11.7. The lowest BCUT2D eigenvalue weighted by Gasteiger charge is -2.32. The summed E-state index contributed by atoms with van der Waals surface area (Å²) in [6.45, 7) is 6.66. The van der Waals surface area contributed by atoms with E-state index in [1.165, 1.54) is 10.6 Å². The Hall–Kier alpha value is -3.65. The summed E-state index contributed by atoms with van der Waals surface area (Å²) in [7, 11) is -3.54. The topological polar surface area (TPSA) is 86.8 Å². The Bertz CT molecular complexity index is 1360. The predicted octanol–water partition coefficient (Wildman–Crippen LogP) is 4.63. The van der Waals surface area contributed by atoms with Crippen molar-refractivity contribution in [2.45, 2.75) is 52.6 Å². The molecule has 0 aliphatic heterocycles. The van der Waals surface area contributed by atoms with E-state index in [4.69, 9.17) is 0 Å². The van der Waals surface area contributed by atoms with Crippen LogP contribution in [0.15, 0.2) is 78.9 Å². The van der Waals surface area contributed by atoms with Gasteiger partial charge in [-0.2, -0.15) is 0 Å². The summed E-state index contributed by atoms with van der Waals surface area (Å²) in [5, 5.41) is 2.90. The number of sulfonamides is 1. The molecule has 0 fully saturated rings. The van der Waals surface area contributed by atoms with Crippen LogP contribution in [0.4, 0.5) is 5.69 Å². The average Bonchev–Trinajstić information content (AvgIpc) is 2.89. The summed E-state index contributed by atoms with van der Waals surface area (Å²) in [6, 6.07) is 24.1. The highest BCUT2D eigenvalue weighted by Crippen LogP contribution is 2.21. The molecule has 7 nitrogen and oxygen atoms in total. The van der Waals surface area contributed by atoms with E-state index in [1.807, 2.05) is 93.6 Å². The largest absolute Gasteiger partial charge is 0.355 e. The summed E-state index contributed by atoms with van der Waals surface area (Å²) in [5.41, 5.74) is 4.48. The second-order valence-electron chi connectivity index (χ2n) is 9.83. The average molecular weight is 550 g/mol. The van der Waals surface area contributed by atoms with E-state index in [-0.39, 0.29) is 31.3 Å². The molecule has 0 radical (unpaired) electrons. The number of likely N-dealkylation sites (N-methyl/N-ethyl adjacent to an activating group) is 1. The van der Waals surface area contributed by atoms with Crippen LogP contribution in [0.3, 0.4) is 0 Å². The first kappa shape index (κ1) is 29.9. The highest BCUT2D eigenvalue weighted by molar-refractivity contribution is 7.92. The zero-order valence-electron chi connectivity index (χ0n) is 23.3. The monoisotopic (exact) mass is 549 g/mol. The molecule has 0 heterocycles. The SMILES string of the molecule is CCNC(=O)[C@@H](Cc1ccccc1)N(Cc1ccccc1C)C(=O)CCCN(c1cccc(C)c1)S(C)(=O)=O. The predicted molar refractivity (Wildman–Crippen MR) is 157 cm³/mol. The van der Waals surface area contributed by atoms with Gasteiger partial charge in [0.05, 0.1) is 11.9 Å². The normalized spacial score (nSPS) is 12.0. The van der Waals surface area contributed by atoms with Gasteiger partial charge in [-0.1, -0.05) is 66.7 Å². The number of anilines is 1. The number of aryl methyl sites for hydroxylation is 2. The fourth-order valence-corrected chi connectivity index (χ4v) is 5.56. The number of amides is 2. The third-order valence-corrected chi connectivity index (χ3v) is 7.86. The molecule has 0 bridgehead atoms. The van der Waals surface area contributed by atoms with E-state index in [0.29, 0.717) is 25.1 Å². The first-order valence-corrected chi connectivity index (χ1v) is 15.1. The fourth-order valence-electron chi connectivity index (χ4n) is 4.60. The maximum atomic E-state index is 13.8. The highest BCUT2D eigenvalue weighted by atomic mass is 32.2. The van der Waals surface area contributed by atoms with Gasteiger partial charge in [-0.05, 0) is 61.6 Å². The van der Waals surface area contributed by atoms with Crippen molar-refractivity contribution in [2.24, 2.45) is 0 Å². The maximum absolute atomic E-state index is 13.8.